The van der Waals surface area contributed by atoms with Crippen LogP contribution in [0.3, 0.4) is 0 Å². The first-order valence-electron chi connectivity index (χ1n) is 11.3. The van der Waals surface area contributed by atoms with Crippen molar-refractivity contribution in [3.05, 3.63) is 35.5 Å². The predicted octanol–water partition coefficient (Wildman–Crippen LogP) is 4.17. The quantitative estimate of drug-likeness (QED) is 0.637. The molecule has 0 radical (unpaired) electrons. The van der Waals surface area contributed by atoms with Gasteiger partial charge in [0.15, 0.2) is 0 Å². The van der Waals surface area contributed by atoms with E-state index in [0.717, 1.165) is 30.3 Å². The van der Waals surface area contributed by atoms with Gasteiger partial charge in [-0.25, -0.2) is 9.97 Å². The van der Waals surface area contributed by atoms with Gasteiger partial charge in [0.25, 0.3) is 0 Å². The summed E-state index contributed by atoms with van der Waals surface area (Å²) in [4.78, 5) is 14.3. The number of fused-ring (bicyclic) bond motifs is 1. The van der Waals surface area contributed by atoms with E-state index in [1.165, 1.54) is 12.8 Å². The minimum Gasteiger partial charge on any atom is -0.506 e. The summed E-state index contributed by atoms with van der Waals surface area (Å²) in [5, 5.41) is 11.2. The number of anilines is 1. The van der Waals surface area contributed by atoms with Gasteiger partial charge in [-0.1, -0.05) is 11.6 Å². The molecule has 0 bridgehead atoms. The van der Waals surface area contributed by atoms with Crippen molar-refractivity contribution in [3.63, 3.8) is 0 Å². The minimum atomic E-state index is 0.00168. The van der Waals surface area contributed by atoms with E-state index in [4.69, 9.17) is 26.3 Å². The second-order valence-electron chi connectivity index (χ2n) is 9.15. The van der Waals surface area contributed by atoms with E-state index in [1.807, 2.05) is 10.8 Å². The maximum Gasteiger partial charge on any atom is 0.142 e. The molecule has 0 unspecified atom stereocenters. The zero-order valence-electron chi connectivity index (χ0n) is 18.8. The molecule has 2 aliphatic rings. The molecule has 2 aliphatic heterocycles. The zero-order valence-corrected chi connectivity index (χ0v) is 19.6. The third-order valence-corrected chi connectivity index (χ3v) is 7.08. The van der Waals surface area contributed by atoms with E-state index in [0.29, 0.717) is 41.3 Å². The Balaban J connectivity index is 1.56. The van der Waals surface area contributed by atoms with Crippen LogP contribution in [0.4, 0.5) is 5.82 Å². The molecule has 3 aromatic rings. The number of hydrogen-bond donors (Lipinski definition) is 1. The third-order valence-electron chi connectivity index (χ3n) is 6.77. The molecule has 7 nitrogen and oxygen atoms in total. The lowest BCUT2D eigenvalue weighted by Crippen LogP contribution is -2.42. The number of imidazole rings is 1. The van der Waals surface area contributed by atoms with E-state index < -0.39 is 0 Å². The first-order chi connectivity index (χ1) is 15.4. The third kappa shape index (κ3) is 3.83. The molecule has 2 fully saturated rings. The minimum absolute atomic E-state index is 0.00168. The highest BCUT2D eigenvalue weighted by molar-refractivity contribution is 6.35. The van der Waals surface area contributed by atoms with Crippen molar-refractivity contribution in [1.29, 1.82) is 0 Å². The maximum absolute atomic E-state index is 10.7. The van der Waals surface area contributed by atoms with Crippen LogP contribution in [0.1, 0.15) is 26.7 Å². The van der Waals surface area contributed by atoms with Crippen LogP contribution < -0.4 is 4.90 Å². The summed E-state index contributed by atoms with van der Waals surface area (Å²) < 4.78 is 8.04. The van der Waals surface area contributed by atoms with E-state index >= 15 is 0 Å². The highest BCUT2D eigenvalue weighted by atomic mass is 35.5. The van der Waals surface area contributed by atoms with Crippen LogP contribution in [0.25, 0.3) is 22.4 Å². The summed E-state index contributed by atoms with van der Waals surface area (Å²) in [7, 11) is 2.10. The number of nitrogens with zero attached hydrogens (tertiary/aromatic N) is 5. The molecule has 0 saturated carbocycles. The average Bonchev–Trinajstić information content (AvgIpc) is 3.32. The Morgan fingerprint density at radius 2 is 1.94 bits per heavy atom. The van der Waals surface area contributed by atoms with Gasteiger partial charge in [0.1, 0.15) is 28.4 Å². The number of halogens is 1. The van der Waals surface area contributed by atoms with Gasteiger partial charge in [-0.3, -0.25) is 0 Å². The van der Waals surface area contributed by atoms with Crippen LogP contribution in [0.15, 0.2) is 30.5 Å². The molecule has 5 rings (SSSR count). The lowest BCUT2D eigenvalue weighted by atomic mass is 10.2. The molecule has 32 heavy (non-hydrogen) atoms. The SMILES string of the molecule is C[C@H]1CC[C@H](C)N1c1ccc(-c2nc3c(Cl)ccc(O)c3n2C[C@@H]2CN(C)CCO2)cn1. The smallest absolute Gasteiger partial charge is 0.142 e. The van der Waals surface area contributed by atoms with Gasteiger partial charge in [-0.2, -0.15) is 0 Å². The topological polar surface area (TPSA) is 66.7 Å². The van der Waals surface area contributed by atoms with Crippen LogP contribution in [-0.2, 0) is 11.3 Å². The zero-order chi connectivity index (χ0) is 22.4. The number of rotatable bonds is 4. The molecule has 0 aliphatic carbocycles. The van der Waals surface area contributed by atoms with E-state index in [2.05, 4.69) is 42.8 Å². The van der Waals surface area contributed by atoms with Crippen LogP contribution in [0.2, 0.25) is 5.02 Å². The van der Waals surface area contributed by atoms with Crippen molar-refractivity contribution in [1.82, 2.24) is 19.4 Å². The number of aromatic hydroxyl groups is 1. The molecule has 0 amide bonds. The number of phenols is 1. The number of ether oxygens (including phenoxy) is 1. The predicted molar refractivity (Wildman–Crippen MR) is 128 cm³/mol. The number of likely N-dealkylation sites (N-methyl/N-ethyl adjacent to an activating group) is 1. The summed E-state index contributed by atoms with van der Waals surface area (Å²) in [6.07, 6.45) is 4.26. The van der Waals surface area contributed by atoms with Gasteiger partial charge in [-0.15, -0.1) is 0 Å². The number of benzene rings is 1. The van der Waals surface area contributed by atoms with Crippen molar-refractivity contribution in [2.45, 2.75) is 51.4 Å². The van der Waals surface area contributed by atoms with Gasteiger partial charge in [0.05, 0.1) is 24.3 Å². The van der Waals surface area contributed by atoms with Crippen LogP contribution in [-0.4, -0.2) is 69.5 Å². The standard InChI is InChI=1S/C24H30ClN5O2/c1-15-4-5-16(2)30(15)21-9-6-17(12-26-21)24-27-22-19(25)7-8-20(31)23(22)29(24)14-18-13-28(3)10-11-32-18/h6-9,12,15-16,18,31H,4-5,10-11,13-14H2,1-3H3/t15-,16-,18-/m0/s1. The van der Waals surface area contributed by atoms with Crippen molar-refractivity contribution in [3.8, 4) is 17.1 Å². The molecule has 3 atom stereocenters. The first-order valence-corrected chi connectivity index (χ1v) is 11.7. The first kappa shape index (κ1) is 21.5. The van der Waals surface area contributed by atoms with Crippen molar-refractivity contribution >= 4 is 28.5 Å². The molecular formula is C24H30ClN5O2. The van der Waals surface area contributed by atoms with Gasteiger partial charge in [0.2, 0.25) is 0 Å². The molecule has 4 heterocycles. The average molecular weight is 456 g/mol. The Morgan fingerprint density at radius 1 is 1.16 bits per heavy atom. The van der Waals surface area contributed by atoms with Gasteiger partial charge >= 0.3 is 0 Å². The van der Waals surface area contributed by atoms with Gasteiger partial charge in [-0.05, 0) is 58.0 Å². The largest absolute Gasteiger partial charge is 0.506 e. The molecule has 0 spiro atoms. The summed E-state index contributed by atoms with van der Waals surface area (Å²) >= 11 is 6.46. The molecule has 1 aromatic carbocycles. The lowest BCUT2D eigenvalue weighted by Gasteiger charge is -2.30. The molecule has 2 saturated heterocycles. The fourth-order valence-corrected chi connectivity index (χ4v) is 5.28. The Hall–Kier alpha value is -2.35. The number of aromatic nitrogens is 3. The van der Waals surface area contributed by atoms with Crippen LogP contribution in [0.5, 0.6) is 5.75 Å². The second kappa shape index (κ2) is 8.54. The maximum atomic E-state index is 10.7. The molecule has 8 heteroatoms. The number of pyridine rings is 1. The molecule has 1 N–H and O–H groups in total. The normalized spacial score (nSPS) is 24.5. The van der Waals surface area contributed by atoms with Crippen molar-refractivity contribution in [2.24, 2.45) is 0 Å². The number of morpholine rings is 1. The van der Waals surface area contributed by atoms with E-state index in [1.54, 1.807) is 12.1 Å². The molecule has 2 aromatic heterocycles. The fourth-order valence-electron chi connectivity index (χ4n) is 5.09. The van der Waals surface area contributed by atoms with E-state index in [-0.39, 0.29) is 11.9 Å². The van der Waals surface area contributed by atoms with E-state index in [9.17, 15) is 5.11 Å². The lowest BCUT2D eigenvalue weighted by molar-refractivity contribution is -0.0267. The summed E-state index contributed by atoms with van der Waals surface area (Å²) in [5.74, 6) is 1.89. The van der Waals surface area contributed by atoms with Crippen LogP contribution in [0, 0.1) is 0 Å². The highest BCUT2D eigenvalue weighted by Gasteiger charge is 2.29. The van der Waals surface area contributed by atoms with Crippen LogP contribution >= 0.6 is 11.6 Å². The number of hydrogen-bond acceptors (Lipinski definition) is 6. The number of phenolic OH excluding ortho intramolecular Hbond substituents is 1. The van der Waals surface area contributed by atoms with Crippen molar-refractivity contribution in [2.75, 3.05) is 31.6 Å². The highest BCUT2D eigenvalue weighted by Crippen LogP contribution is 2.36. The molecular weight excluding hydrogens is 426 g/mol. The monoisotopic (exact) mass is 455 g/mol. The Labute approximate surface area is 193 Å². The van der Waals surface area contributed by atoms with Gasteiger partial charge in [0, 0.05) is 36.9 Å². The fraction of sp³-hybridized carbons (Fsp3) is 0.500. The Morgan fingerprint density at radius 3 is 2.62 bits per heavy atom. The van der Waals surface area contributed by atoms with Crippen molar-refractivity contribution < 1.29 is 9.84 Å². The Kier molecular flexibility index (Phi) is 5.73. The summed E-state index contributed by atoms with van der Waals surface area (Å²) in [6.45, 7) is 7.52. The van der Waals surface area contributed by atoms with Gasteiger partial charge < -0.3 is 24.2 Å². The summed E-state index contributed by atoms with van der Waals surface area (Å²) in [5.41, 5.74) is 2.12. The molecule has 170 valence electrons. The second-order valence-corrected chi connectivity index (χ2v) is 9.56. The summed E-state index contributed by atoms with van der Waals surface area (Å²) in [6, 6.07) is 8.43. The Bertz CT molecular complexity index is 1110.